The van der Waals surface area contributed by atoms with Gasteiger partial charge in [-0.2, -0.15) is 11.8 Å². The first-order valence-corrected chi connectivity index (χ1v) is 6.11. The van der Waals surface area contributed by atoms with E-state index in [4.69, 9.17) is 12.2 Å². The summed E-state index contributed by atoms with van der Waals surface area (Å²) in [5.41, 5.74) is 0.516. The van der Waals surface area contributed by atoms with Gasteiger partial charge >= 0.3 is 0 Å². The Morgan fingerprint density at radius 1 is 1.42 bits per heavy atom. The van der Waals surface area contributed by atoms with Crippen molar-refractivity contribution in [2.24, 2.45) is 5.41 Å². The van der Waals surface area contributed by atoms with Crippen molar-refractivity contribution in [2.75, 3.05) is 11.5 Å². The topological polar surface area (TPSA) is 0 Å². The van der Waals surface area contributed by atoms with Crippen molar-refractivity contribution in [1.82, 2.24) is 0 Å². The van der Waals surface area contributed by atoms with E-state index in [1.165, 1.54) is 18.6 Å². The number of rotatable bonds is 6. The van der Waals surface area contributed by atoms with Gasteiger partial charge in [-0.1, -0.05) is 39.4 Å². The lowest BCUT2D eigenvalue weighted by Crippen LogP contribution is -2.10. The second-order valence-corrected chi connectivity index (χ2v) is 5.82. The van der Waals surface area contributed by atoms with E-state index in [0.717, 1.165) is 10.6 Å². The second kappa shape index (κ2) is 5.98. The molecule has 0 aliphatic rings. The van der Waals surface area contributed by atoms with E-state index >= 15 is 0 Å². The minimum absolute atomic E-state index is 0.516. The Kier molecular flexibility index (Phi) is 6.20. The highest BCUT2D eigenvalue weighted by atomic mass is 32.2. The van der Waals surface area contributed by atoms with Crippen LogP contribution < -0.4 is 0 Å². The Morgan fingerprint density at radius 3 is 2.42 bits per heavy atom. The molecule has 0 heterocycles. The quantitative estimate of drug-likeness (QED) is 0.475. The van der Waals surface area contributed by atoms with Crippen molar-refractivity contribution in [2.45, 2.75) is 40.5 Å². The molecule has 0 atom stereocenters. The molecule has 0 aliphatic carbocycles. The van der Waals surface area contributed by atoms with Crippen LogP contribution in [0.2, 0.25) is 0 Å². The van der Waals surface area contributed by atoms with Gasteiger partial charge in [-0.25, -0.2) is 0 Å². The van der Waals surface area contributed by atoms with Crippen LogP contribution in [-0.4, -0.2) is 16.4 Å². The Hall–Kier alpha value is 0.440. The predicted octanol–water partition coefficient (Wildman–Crippen LogP) is 3.94. The van der Waals surface area contributed by atoms with Crippen molar-refractivity contribution >= 4 is 28.8 Å². The van der Waals surface area contributed by atoms with E-state index in [1.807, 2.05) is 18.7 Å². The highest BCUT2D eigenvalue weighted by Crippen LogP contribution is 2.26. The average molecular weight is 204 g/mol. The maximum atomic E-state index is 5.01. The molecule has 0 bridgehead atoms. The van der Waals surface area contributed by atoms with Crippen LogP contribution in [0.25, 0.3) is 0 Å². The number of hydrogen-bond acceptors (Lipinski definition) is 2. The summed E-state index contributed by atoms with van der Waals surface area (Å²) in [6.07, 6.45) is 2.57. The molecule has 0 fully saturated rings. The minimum atomic E-state index is 0.516. The monoisotopic (exact) mass is 204 g/mol. The third kappa shape index (κ3) is 7.11. The summed E-state index contributed by atoms with van der Waals surface area (Å²) in [5, 5.41) is 0. The zero-order valence-corrected chi connectivity index (χ0v) is 10.3. The Morgan fingerprint density at radius 2 is 2.00 bits per heavy atom. The van der Waals surface area contributed by atoms with Gasteiger partial charge in [0.05, 0.1) is 0 Å². The van der Waals surface area contributed by atoms with E-state index < -0.39 is 0 Å². The zero-order chi connectivity index (χ0) is 9.61. The highest BCUT2D eigenvalue weighted by molar-refractivity contribution is 8.01. The molecule has 0 saturated heterocycles. The molecule has 12 heavy (non-hydrogen) atoms. The van der Waals surface area contributed by atoms with E-state index in [2.05, 4.69) is 20.8 Å². The largest absolute Gasteiger partial charge is 0.157 e. The van der Waals surface area contributed by atoms with Crippen LogP contribution in [0.5, 0.6) is 0 Å². The average Bonchev–Trinajstić information content (AvgIpc) is 1.98. The molecule has 0 radical (unpaired) electrons. The molecule has 0 aromatic rings. The molecule has 0 nitrogen and oxygen atoms in total. The number of thioether (sulfide) groups is 1. The molecule has 72 valence electrons. The van der Waals surface area contributed by atoms with Gasteiger partial charge in [-0.05, 0) is 29.4 Å². The van der Waals surface area contributed by atoms with Gasteiger partial charge in [0.15, 0.2) is 0 Å². The van der Waals surface area contributed by atoms with Crippen molar-refractivity contribution in [1.29, 1.82) is 0 Å². The van der Waals surface area contributed by atoms with Gasteiger partial charge in [-0.3, -0.25) is 0 Å². The van der Waals surface area contributed by atoms with Crippen molar-refractivity contribution < 1.29 is 0 Å². The number of thiocarbonyl (C=S) groups is 1. The first-order valence-electron chi connectivity index (χ1n) is 4.55. The Bertz CT molecular complexity index is 139. The minimum Gasteiger partial charge on any atom is -0.157 e. The zero-order valence-electron chi connectivity index (χ0n) is 8.64. The fourth-order valence-electron chi connectivity index (χ4n) is 0.741. The van der Waals surface area contributed by atoms with E-state index in [1.54, 1.807) is 0 Å². The number of hydrogen-bond donors (Lipinski definition) is 0. The molecule has 0 aromatic heterocycles. The van der Waals surface area contributed by atoms with Crippen molar-refractivity contribution in [3.63, 3.8) is 0 Å². The van der Waals surface area contributed by atoms with Crippen molar-refractivity contribution in [3.05, 3.63) is 0 Å². The Balaban J connectivity index is 3.37. The summed E-state index contributed by atoms with van der Waals surface area (Å²) in [5.74, 6) is 2.30. The predicted molar refractivity (Wildman–Crippen MR) is 64.3 cm³/mol. The standard InChI is InChI=1S/C10H20S2/c1-5-10(3,4)6-7-12-8-9(2)11/h5-8H2,1-4H3. The first kappa shape index (κ1) is 12.4. The summed E-state index contributed by atoms with van der Waals surface area (Å²) in [4.78, 5) is 1.12. The highest BCUT2D eigenvalue weighted by Gasteiger charge is 2.13. The maximum Gasteiger partial charge on any atom is 0.0245 e. The first-order chi connectivity index (χ1) is 5.48. The molecular formula is C10H20S2. The van der Waals surface area contributed by atoms with Crippen LogP contribution in [0, 0.1) is 5.41 Å². The molecule has 0 rings (SSSR count). The smallest absolute Gasteiger partial charge is 0.0245 e. The molecule has 0 saturated carbocycles. The van der Waals surface area contributed by atoms with Crippen LogP contribution >= 0.6 is 24.0 Å². The molecule has 0 spiro atoms. The summed E-state index contributed by atoms with van der Waals surface area (Å²) in [6.45, 7) is 8.94. The summed E-state index contributed by atoms with van der Waals surface area (Å²) < 4.78 is 0. The van der Waals surface area contributed by atoms with Gasteiger partial charge in [-0.15, -0.1) is 0 Å². The summed E-state index contributed by atoms with van der Waals surface area (Å²) in [7, 11) is 0. The molecule has 0 aliphatic heterocycles. The summed E-state index contributed by atoms with van der Waals surface area (Å²) >= 11 is 6.97. The Labute approximate surface area is 86.5 Å². The maximum absolute atomic E-state index is 5.01. The lowest BCUT2D eigenvalue weighted by Gasteiger charge is -2.21. The van der Waals surface area contributed by atoms with Gasteiger partial charge in [0.1, 0.15) is 0 Å². The van der Waals surface area contributed by atoms with E-state index in [-0.39, 0.29) is 0 Å². The fourth-order valence-corrected chi connectivity index (χ4v) is 2.12. The van der Waals surface area contributed by atoms with Crippen LogP contribution in [0.15, 0.2) is 0 Å². The normalized spacial score (nSPS) is 11.7. The van der Waals surface area contributed by atoms with Crippen LogP contribution in [0.1, 0.15) is 40.5 Å². The third-order valence-corrected chi connectivity index (χ3v) is 3.64. The van der Waals surface area contributed by atoms with Gasteiger partial charge in [0.25, 0.3) is 0 Å². The van der Waals surface area contributed by atoms with Crippen molar-refractivity contribution in [3.8, 4) is 0 Å². The van der Waals surface area contributed by atoms with E-state index in [0.29, 0.717) is 5.41 Å². The second-order valence-electron chi connectivity index (χ2n) is 4.02. The lowest BCUT2D eigenvalue weighted by atomic mass is 9.87. The molecule has 0 aromatic carbocycles. The van der Waals surface area contributed by atoms with Crippen LogP contribution in [0.4, 0.5) is 0 Å². The fraction of sp³-hybridized carbons (Fsp3) is 0.900. The van der Waals surface area contributed by atoms with Crippen LogP contribution in [0.3, 0.4) is 0 Å². The van der Waals surface area contributed by atoms with Crippen LogP contribution in [-0.2, 0) is 0 Å². The molecule has 0 amide bonds. The van der Waals surface area contributed by atoms with Gasteiger partial charge < -0.3 is 0 Å². The SMILES string of the molecule is CCC(C)(C)CCSCC(C)=S. The third-order valence-electron chi connectivity index (χ3n) is 2.19. The molecule has 2 heteroatoms. The van der Waals surface area contributed by atoms with Gasteiger partial charge in [0.2, 0.25) is 0 Å². The van der Waals surface area contributed by atoms with Gasteiger partial charge in [0, 0.05) is 5.75 Å². The molecule has 0 unspecified atom stereocenters. The molecule has 0 N–H and O–H groups in total. The lowest BCUT2D eigenvalue weighted by molar-refractivity contribution is 0.341. The molecular weight excluding hydrogens is 184 g/mol. The summed E-state index contributed by atoms with van der Waals surface area (Å²) in [6, 6.07) is 0. The van der Waals surface area contributed by atoms with E-state index in [9.17, 15) is 0 Å².